The van der Waals surface area contributed by atoms with Crippen molar-refractivity contribution >= 4 is 18.0 Å². The van der Waals surface area contributed by atoms with E-state index in [0.29, 0.717) is 32.4 Å². The molecule has 2 saturated heterocycles. The van der Waals surface area contributed by atoms with Crippen LogP contribution in [0.15, 0.2) is 48.5 Å². The fourth-order valence-electron chi connectivity index (χ4n) is 5.66. The third-order valence-corrected chi connectivity index (χ3v) is 7.33. The van der Waals surface area contributed by atoms with Gasteiger partial charge in [-0.05, 0) is 47.4 Å². The number of benzene rings is 2. The molecular weight excluding hydrogens is 420 g/mol. The Morgan fingerprint density at radius 1 is 1.00 bits per heavy atom. The number of carboxylic acid groups (broad SMARTS) is 1. The predicted molar refractivity (Wildman–Crippen MR) is 122 cm³/mol. The molecule has 2 amide bonds. The maximum atomic E-state index is 12.4. The van der Waals surface area contributed by atoms with Crippen molar-refractivity contribution in [1.82, 2.24) is 10.2 Å². The van der Waals surface area contributed by atoms with E-state index >= 15 is 0 Å². The van der Waals surface area contributed by atoms with Gasteiger partial charge >= 0.3 is 12.1 Å². The summed E-state index contributed by atoms with van der Waals surface area (Å²) in [6, 6.07) is 16.3. The van der Waals surface area contributed by atoms with Gasteiger partial charge in [0.2, 0.25) is 5.91 Å². The number of carboxylic acids is 1. The van der Waals surface area contributed by atoms with Crippen molar-refractivity contribution in [2.24, 2.45) is 11.8 Å². The van der Waals surface area contributed by atoms with E-state index in [2.05, 4.69) is 29.6 Å². The first-order valence-electron chi connectivity index (χ1n) is 11.7. The van der Waals surface area contributed by atoms with Crippen molar-refractivity contribution in [3.05, 3.63) is 59.7 Å². The van der Waals surface area contributed by atoms with Crippen LogP contribution in [0, 0.1) is 11.8 Å². The fraction of sp³-hybridized carbons (Fsp3) is 0.423. The van der Waals surface area contributed by atoms with E-state index < -0.39 is 12.1 Å². The lowest BCUT2D eigenvalue weighted by Crippen LogP contribution is -2.45. The second-order valence-electron chi connectivity index (χ2n) is 9.18. The van der Waals surface area contributed by atoms with Crippen molar-refractivity contribution in [2.75, 3.05) is 19.7 Å². The molecule has 3 unspecified atom stereocenters. The number of nitrogens with one attached hydrogen (secondary N) is 1. The number of carbonyl (C=O) groups is 3. The van der Waals surface area contributed by atoms with Crippen LogP contribution in [0.5, 0.6) is 0 Å². The molecule has 0 aromatic heterocycles. The van der Waals surface area contributed by atoms with E-state index in [4.69, 9.17) is 4.74 Å². The standard InChI is InChI=1S/C26H28N2O5/c29-23(28-14-16-13-22(28)24(16)25(30)31)11-5-6-12-27-26(32)33-15-21-19-9-3-1-7-17(19)18-8-2-4-10-20(18)21/h1-4,7-10,16,21-22,24H,5-6,11-15H2,(H,27,32)(H,30,31). The zero-order valence-corrected chi connectivity index (χ0v) is 18.4. The van der Waals surface area contributed by atoms with Crippen LogP contribution in [0.3, 0.4) is 0 Å². The third-order valence-electron chi connectivity index (χ3n) is 7.33. The Labute approximate surface area is 192 Å². The molecule has 0 radical (unpaired) electrons. The number of nitrogens with zero attached hydrogens (tertiary/aromatic N) is 1. The van der Waals surface area contributed by atoms with Crippen LogP contribution in [0.1, 0.15) is 42.7 Å². The molecular formula is C26H28N2O5. The Balaban J connectivity index is 1.03. The van der Waals surface area contributed by atoms with Crippen molar-refractivity contribution in [3.8, 4) is 11.1 Å². The Morgan fingerprint density at radius 3 is 2.30 bits per heavy atom. The molecule has 33 heavy (non-hydrogen) atoms. The normalized spacial score (nSPS) is 22.3. The van der Waals surface area contributed by atoms with Crippen LogP contribution < -0.4 is 5.32 Å². The number of aliphatic carboxylic acids is 1. The van der Waals surface area contributed by atoms with E-state index in [9.17, 15) is 19.5 Å². The van der Waals surface area contributed by atoms with Crippen molar-refractivity contribution < 1.29 is 24.2 Å². The first-order chi connectivity index (χ1) is 16.0. The van der Waals surface area contributed by atoms with E-state index in [-0.39, 0.29) is 36.3 Å². The second kappa shape index (κ2) is 8.89. The van der Waals surface area contributed by atoms with E-state index in [1.54, 1.807) is 4.90 Å². The summed E-state index contributed by atoms with van der Waals surface area (Å²) in [6.07, 6.45) is 2.05. The number of fused-ring (bicyclic) bond motifs is 4. The quantitative estimate of drug-likeness (QED) is 0.602. The number of unbranched alkanes of at least 4 members (excludes halogenated alkanes) is 1. The van der Waals surface area contributed by atoms with Gasteiger partial charge in [-0.2, -0.15) is 0 Å². The van der Waals surface area contributed by atoms with Gasteiger partial charge in [-0.25, -0.2) is 4.79 Å². The van der Waals surface area contributed by atoms with Gasteiger partial charge in [0, 0.05) is 31.5 Å². The molecule has 3 atom stereocenters. The minimum Gasteiger partial charge on any atom is -0.481 e. The minimum absolute atomic E-state index is 0.0207. The Kier molecular flexibility index (Phi) is 5.79. The third kappa shape index (κ3) is 3.96. The number of rotatable bonds is 8. The summed E-state index contributed by atoms with van der Waals surface area (Å²) in [4.78, 5) is 37.6. The van der Waals surface area contributed by atoms with Gasteiger partial charge in [-0.15, -0.1) is 0 Å². The summed E-state index contributed by atoms with van der Waals surface area (Å²) in [5, 5.41) is 12.0. The summed E-state index contributed by atoms with van der Waals surface area (Å²) in [7, 11) is 0. The van der Waals surface area contributed by atoms with Crippen LogP contribution in [0.25, 0.3) is 11.1 Å². The molecule has 4 aliphatic rings. The summed E-state index contributed by atoms with van der Waals surface area (Å²) in [6.45, 7) is 1.28. The smallest absolute Gasteiger partial charge is 0.407 e. The molecule has 0 spiro atoms. The minimum atomic E-state index is -0.793. The zero-order valence-electron chi connectivity index (χ0n) is 18.4. The SMILES string of the molecule is O=C(NCCCCC(=O)N1CC2CC1C2C(=O)O)OCC1c2ccccc2-c2ccccc21. The van der Waals surface area contributed by atoms with Crippen molar-refractivity contribution in [2.45, 2.75) is 37.6 Å². The van der Waals surface area contributed by atoms with Gasteiger partial charge in [-0.3, -0.25) is 9.59 Å². The first-order valence-corrected chi connectivity index (χ1v) is 11.7. The molecule has 2 aromatic carbocycles. The number of ether oxygens (including phenoxy) is 1. The van der Waals surface area contributed by atoms with Gasteiger partial charge < -0.3 is 20.1 Å². The average molecular weight is 449 g/mol. The number of amides is 2. The van der Waals surface area contributed by atoms with E-state index in [1.165, 1.54) is 22.3 Å². The maximum absolute atomic E-state index is 12.4. The second-order valence-corrected chi connectivity index (χ2v) is 9.18. The molecule has 2 heterocycles. The van der Waals surface area contributed by atoms with Gasteiger partial charge in [0.15, 0.2) is 0 Å². The topological polar surface area (TPSA) is 95.9 Å². The molecule has 3 fully saturated rings. The summed E-state index contributed by atoms with van der Waals surface area (Å²) >= 11 is 0. The Hall–Kier alpha value is -3.35. The Bertz CT molecular complexity index is 1040. The molecule has 6 rings (SSSR count). The lowest BCUT2D eigenvalue weighted by atomic mass is 9.74. The number of hydrogen-bond acceptors (Lipinski definition) is 4. The summed E-state index contributed by atoms with van der Waals surface area (Å²) < 4.78 is 5.52. The van der Waals surface area contributed by atoms with Gasteiger partial charge in [0.1, 0.15) is 6.61 Å². The summed E-state index contributed by atoms with van der Waals surface area (Å²) in [5.41, 5.74) is 4.74. The zero-order chi connectivity index (χ0) is 22.9. The van der Waals surface area contributed by atoms with Crippen molar-refractivity contribution in [3.63, 3.8) is 0 Å². The molecule has 2 aromatic rings. The van der Waals surface area contributed by atoms with Gasteiger partial charge in [0.25, 0.3) is 0 Å². The van der Waals surface area contributed by atoms with E-state index in [1.807, 2.05) is 24.3 Å². The molecule has 2 bridgehead atoms. The molecule has 7 heteroatoms. The molecule has 172 valence electrons. The van der Waals surface area contributed by atoms with E-state index in [0.717, 1.165) is 6.42 Å². The highest BCUT2D eigenvalue weighted by Gasteiger charge is 2.56. The number of hydrogen-bond donors (Lipinski definition) is 2. The predicted octanol–water partition coefficient (Wildman–Crippen LogP) is 3.63. The highest BCUT2D eigenvalue weighted by atomic mass is 16.5. The number of carbonyl (C=O) groups excluding carboxylic acids is 2. The summed E-state index contributed by atoms with van der Waals surface area (Å²) in [5.74, 6) is -1.01. The van der Waals surface area contributed by atoms with Crippen LogP contribution in [-0.4, -0.2) is 53.7 Å². The average Bonchev–Trinajstić information content (AvgIpc) is 3.48. The maximum Gasteiger partial charge on any atom is 0.407 e. The fourth-order valence-corrected chi connectivity index (χ4v) is 5.66. The lowest BCUT2D eigenvalue weighted by molar-refractivity contribution is -0.148. The largest absolute Gasteiger partial charge is 0.481 e. The molecule has 2 aliphatic carbocycles. The molecule has 1 saturated carbocycles. The monoisotopic (exact) mass is 448 g/mol. The van der Waals surface area contributed by atoms with Gasteiger partial charge in [0.05, 0.1) is 5.92 Å². The van der Waals surface area contributed by atoms with Crippen molar-refractivity contribution in [1.29, 1.82) is 0 Å². The lowest BCUT2D eigenvalue weighted by Gasteiger charge is -2.33. The molecule has 2 N–H and O–H groups in total. The van der Waals surface area contributed by atoms with Crippen LogP contribution >= 0.6 is 0 Å². The van der Waals surface area contributed by atoms with Gasteiger partial charge in [-0.1, -0.05) is 48.5 Å². The molecule has 7 nitrogen and oxygen atoms in total. The number of alkyl carbamates (subject to hydrolysis) is 1. The highest BCUT2D eigenvalue weighted by Crippen LogP contribution is 2.47. The first kappa shape index (κ1) is 21.5. The van der Waals surface area contributed by atoms with Crippen LogP contribution in [0.4, 0.5) is 4.79 Å². The van der Waals surface area contributed by atoms with Crippen LogP contribution in [0.2, 0.25) is 0 Å². The Morgan fingerprint density at radius 2 is 1.67 bits per heavy atom. The van der Waals surface area contributed by atoms with Crippen LogP contribution in [-0.2, 0) is 14.3 Å². The molecule has 2 aliphatic heterocycles. The highest BCUT2D eigenvalue weighted by molar-refractivity contribution is 5.81.